The van der Waals surface area contributed by atoms with Gasteiger partial charge in [-0.2, -0.15) is 0 Å². The molecule has 1 saturated heterocycles. The molecule has 1 aromatic rings. The maximum Gasteiger partial charge on any atom is 0.287 e. The number of alkyl halides is 1. The molecule has 1 fully saturated rings. The van der Waals surface area contributed by atoms with Gasteiger partial charge in [-0.3, -0.25) is 14.9 Å². The molecule has 1 atom stereocenters. The lowest BCUT2D eigenvalue weighted by atomic mass is 10.3. The first-order valence-corrected chi connectivity index (χ1v) is 5.67. The van der Waals surface area contributed by atoms with Crippen LogP contribution in [0.15, 0.2) is 12.3 Å². The van der Waals surface area contributed by atoms with Gasteiger partial charge in [-0.15, -0.1) is 11.6 Å². The van der Waals surface area contributed by atoms with Gasteiger partial charge in [-0.25, -0.2) is 0 Å². The number of carbonyl (C=O) groups is 1. The van der Waals surface area contributed by atoms with E-state index in [1.807, 2.05) is 0 Å². The van der Waals surface area contributed by atoms with Crippen LogP contribution in [0.5, 0.6) is 0 Å². The summed E-state index contributed by atoms with van der Waals surface area (Å²) in [5.74, 6) is -0.205. The number of rotatable bonds is 2. The monoisotopic (exact) mass is 257 g/mol. The normalized spacial score (nSPS) is 19.6. The van der Waals surface area contributed by atoms with E-state index in [1.165, 1.54) is 16.8 Å². The predicted octanol–water partition coefficient (Wildman–Crippen LogP) is 1.39. The van der Waals surface area contributed by atoms with Crippen LogP contribution >= 0.6 is 11.6 Å². The molecule has 2 heterocycles. The molecule has 0 radical (unpaired) electrons. The standard InChI is InChI=1S/C10H12ClN3O3/c1-12-6-8(14(16)17)4-9(12)10(15)13-3-2-7(11)5-13/h4,6-7H,2-3,5H2,1H3. The van der Waals surface area contributed by atoms with Crippen molar-refractivity contribution in [3.63, 3.8) is 0 Å². The molecule has 0 spiro atoms. The van der Waals surface area contributed by atoms with Crippen molar-refractivity contribution in [2.75, 3.05) is 13.1 Å². The number of amides is 1. The van der Waals surface area contributed by atoms with E-state index in [4.69, 9.17) is 11.6 Å². The Hall–Kier alpha value is -1.56. The minimum Gasteiger partial charge on any atom is -0.340 e. The summed E-state index contributed by atoms with van der Waals surface area (Å²) in [7, 11) is 1.62. The predicted molar refractivity (Wildman–Crippen MR) is 62.2 cm³/mol. The third-order valence-corrected chi connectivity index (χ3v) is 3.19. The maximum atomic E-state index is 12.1. The van der Waals surface area contributed by atoms with Crippen LogP contribution in [0.2, 0.25) is 0 Å². The van der Waals surface area contributed by atoms with Crippen molar-refractivity contribution in [1.82, 2.24) is 9.47 Å². The summed E-state index contributed by atoms with van der Waals surface area (Å²) in [4.78, 5) is 23.8. The summed E-state index contributed by atoms with van der Waals surface area (Å²) in [6.07, 6.45) is 2.10. The summed E-state index contributed by atoms with van der Waals surface area (Å²) in [6, 6.07) is 1.30. The lowest BCUT2D eigenvalue weighted by molar-refractivity contribution is -0.384. The number of carbonyl (C=O) groups excluding carboxylic acids is 1. The summed E-state index contributed by atoms with van der Waals surface area (Å²) < 4.78 is 1.47. The largest absolute Gasteiger partial charge is 0.340 e. The zero-order valence-corrected chi connectivity index (χ0v) is 10.1. The number of nitro groups is 1. The molecule has 1 aromatic heterocycles. The molecule has 1 aliphatic heterocycles. The minimum atomic E-state index is -0.509. The van der Waals surface area contributed by atoms with E-state index in [-0.39, 0.29) is 17.0 Å². The number of aryl methyl sites for hydroxylation is 1. The number of hydrogen-bond donors (Lipinski definition) is 0. The fraction of sp³-hybridized carbons (Fsp3) is 0.500. The van der Waals surface area contributed by atoms with Crippen molar-refractivity contribution in [2.24, 2.45) is 7.05 Å². The lowest BCUT2D eigenvalue weighted by Crippen LogP contribution is -2.30. The van der Waals surface area contributed by atoms with Crippen LogP contribution < -0.4 is 0 Å². The fourth-order valence-electron chi connectivity index (χ4n) is 1.92. The first-order chi connectivity index (χ1) is 7.99. The quantitative estimate of drug-likeness (QED) is 0.457. The Labute approximate surface area is 103 Å². The van der Waals surface area contributed by atoms with Crippen LogP contribution in [0, 0.1) is 10.1 Å². The topological polar surface area (TPSA) is 68.4 Å². The van der Waals surface area contributed by atoms with Crippen molar-refractivity contribution in [3.8, 4) is 0 Å². The SMILES string of the molecule is Cn1cc([N+](=O)[O-])cc1C(=O)N1CCC(Cl)C1. The highest BCUT2D eigenvalue weighted by atomic mass is 35.5. The van der Waals surface area contributed by atoms with Gasteiger partial charge in [-0.1, -0.05) is 0 Å². The molecule has 7 heteroatoms. The molecule has 0 bridgehead atoms. The van der Waals surface area contributed by atoms with Crippen LogP contribution in [-0.4, -0.2) is 38.8 Å². The van der Waals surface area contributed by atoms with Gasteiger partial charge < -0.3 is 9.47 Å². The van der Waals surface area contributed by atoms with Crippen molar-refractivity contribution >= 4 is 23.2 Å². The van der Waals surface area contributed by atoms with Gasteiger partial charge in [0.1, 0.15) is 5.69 Å². The van der Waals surface area contributed by atoms with Gasteiger partial charge in [0.15, 0.2) is 0 Å². The zero-order chi connectivity index (χ0) is 12.6. The van der Waals surface area contributed by atoms with E-state index in [1.54, 1.807) is 11.9 Å². The molecule has 0 saturated carbocycles. The van der Waals surface area contributed by atoms with Crippen LogP contribution in [0.25, 0.3) is 0 Å². The smallest absolute Gasteiger partial charge is 0.287 e. The molecule has 92 valence electrons. The van der Waals surface area contributed by atoms with E-state index >= 15 is 0 Å². The third-order valence-electron chi connectivity index (χ3n) is 2.84. The highest BCUT2D eigenvalue weighted by Gasteiger charge is 2.28. The summed E-state index contributed by atoms with van der Waals surface area (Å²) >= 11 is 5.92. The number of nitrogens with zero attached hydrogens (tertiary/aromatic N) is 3. The van der Waals surface area contributed by atoms with Crippen molar-refractivity contribution in [2.45, 2.75) is 11.8 Å². The highest BCUT2D eigenvalue weighted by Crippen LogP contribution is 2.21. The van der Waals surface area contributed by atoms with Gasteiger partial charge >= 0.3 is 0 Å². The van der Waals surface area contributed by atoms with Crippen LogP contribution in [0.1, 0.15) is 16.9 Å². The molecule has 1 aliphatic rings. The van der Waals surface area contributed by atoms with E-state index in [9.17, 15) is 14.9 Å². The average Bonchev–Trinajstić information content (AvgIpc) is 2.84. The van der Waals surface area contributed by atoms with Crippen LogP contribution in [0.4, 0.5) is 5.69 Å². The Kier molecular flexibility index (Phi) is 3.06. The highest BCUT2D eigenvalue weighted by molar-refractivity contribution is 6.21. The molecule has 2 rings (SSSR count). The first-order valence-electron chi connectivity index (χ1n) is 5.23. The zero-order valence-electron chi connectivity index (χ0n) is 9.30. The second-order valence-electron chi connectivity index (χ2n) is 4.09. The number of halogens is 1. The van der Waals surface area contributed by atoms with E-state index in [0.717, 1.165) is 6.42 Å². The van der Waals surface area contributed by atoms with Gasteiger partial charge in [0.25, 0.3) is 11.6 Å². The first kappa shape index (κ1) is 11.9. The Balaban J connectivity index is 2.22. The number of likely N-dealkylation sites (tertiary alicyclic amines) is 1. The average molecular weight is 258 g/mol. The van der Waals surface area contributed by atoms with Gasteiger partial charge in [-0.05, 0) is 6.42 Å². The van der Waals surface area contributed by atoms with Crippen molar-refractivity contribution in [3.05, 3.63) is 28.1 Å². The third kappa shape index (κ3) is 2.26. The van der Waals surface area contributed by atoms with Crippen LogP contribution in [0.3, 0.4) is 0 Å². The second-order valence-corrected chi connectivity index (χ2v) is 4.71. The summed E-state index contributed by atoms with van der Waals surface area (Å²) in [5.41, 5.74) is 0.250. The molecule has 0 N–H and O–H groups in total. The molecular formula is C10H12ClN3O3. The van der Waals surface area contributed by atoms with Gasteiger partial charge in [0, 0.05) is 26.2 Å². The van der Waals surface area contributed by atoms with Crippen LogP contribution in [-0.2, 0) is 7.05 Å². The molecule has 6 nitrogen and oxygen atoms in total. The minimum absolute atomic E-state index is 0.0193. The molecule has 1 amide bonds. The lowest BCUT2D eigenvalue weighted by Gasteiger charge is -2.15. The maximum absolute atomic E-state index is 12.1. The Morgan fingerprint density at radius 2 is 2.35 bits per heavy atom. The van der Waals surface area contributed by atoms with E-state index in [2.05, 4.69) is 0 Å². The molecule has 17 heavy (non-hydrogen) atoms. The van der Waals surface area contributed by atoms with Gasteiger partial charge in [0.2, 0.25) is 0 Å². The molecule has 0 aromatic carbocycles. The Morgan fingerprint density at radius 3 is 2.82 bits per heavy atom. The van der Waals surface area contributed by atoms with Gasteiger partial charge in [0.05, 0.1) is 16.5 Å². The fourth-order valence-corrected chi connectivity index (χ4v) is 2.19. The molecule has 1 unspecified atom stereocenters. The Morgan fingerprint density at radius 1 is 1.65 bits per heavy atom. The summed E-state index contributed by atoms with van der Waals surface area (Å²) in [6.45, 7) is 1.10. The van der Waals surface area contributed by atoms with E-state index in [0.29, 0.717) is 18.8 Å². The summed E-state index contributed by atoms with van der Waals surface area (Å²) in [5, 5.41) is 10.6. The Bertz CT molecular complexity index is 471. The number of hydrogen-bond acceptors (Lipinski definition) is 3. The second kappa shape index (κ2) is 4.37. The molecular weight excluding hydrogens is 246 g/mol. The number of aromatic nitrogens is 1. The van der Waals surface area contributed by atoms with Crippen molar-refractivity contribution in [1.29, 1.82) is 0 Å². The molecule has 0 aliphatic carbocycles. The van der Waals surface area contributed by atoms with E-state index < -0.39 is 4.92 Å². The van der Waals surface area contributed by atoms with Crippen molar-refractivity contribution < 1.29 is 9.72 Å².